The van der Waals surface area contributed by atoms with Gasteiger partial charge in [-0.05, 0) is 12.1 Å². The molecule has 4 nitrogen and oxygen atoms in total. The highest BCUT2D eigenvalue weighted by Gasteiger charge is 2.05. The number of hydrogen-bond donors (Lipinski definition) is 0. The van der Waals surface area contributed by atoms with Crippen LogP contribution < -0.4 is 0 Å². The zero-order valence-corrected chi connectivity index (χ0v) is 7.65. The Kier molecular flexibility index (Phi) is 2.97. The Labute approximate surface area is 80.0 Å². The maximum atomic E-state index is 10.3. The van der Waals surface area contributed by atoms with Gasteiger partial charge < -0.3 is 0 Å². The topological polar surface area (TPSA) is 55.5 Å². The minimum atomic E-state index is -0.458. The first-order valence-electron chi connectivity index (χ1n) is 3.52. The lowest BCUT2D eigenvalue weighted by Gasteiger charge is -1.95. The van der Waals surface area contributed by atoms with Crippen molar-refractivity contribution in [2.24, 2.45) is 4.99 Å². The van der Waals surface area contributed by atoms with Crippen LogP contribution in [0.4, 0.5) is 5.69 Å². The first-order chi connectivity index (χ1) is 6.15. The van der Waals surface area contributed by atoms with E-state index in [4.69, 9.17) is 11.6 Å². The molecule has 0 bridgehead atoms. The zero-order chi connectivity index (χ0) is 9.84. The summed E-state index contributed by atoms with van der Waals surface area (Å²) in [6.07, 6.45) is 0. The number of aliphatic imine (C=N–C) groups is 1. The molecule has 0 aliphatic carbocycles. The number of rotatable bonds is 2. The highest BCUT2D eigenvalue weighted by Crippen LogP contribution is 2.13. The number of nitro benzene ring substituents is 1. The number of benzene rings is 1. The first kappa shape index (κ1) is 9.67. The summed E-state index contributed by atoms with van der Waals surface area (Å²) in [6, 6.07) is 5.91. The van der Waals surface area contributed by atoms with Gasteiger partial charge in [-0.25, -0.2) is 0 Å². The average molecular weight is 199 g/mol. The van der Waals surface area contributed by atoms with Gasteiger partial charge in [-0.1, -0.05) is 11.6 Å². The molecule has 0 atom stereocenters. The molecule has 0 aliphatic heterocycles. The van der Waals surface area contributed by atoms with Gasteiger partial charge >= 0.3 is 0 Å². The molecular weight excluding hydrogens is 192 g/mol. The predicted molar refractivity (Wildman–Crippen MR) is 51.4 cm³/mol. The van der Waals surface area contributed by atoms with Crippen molar-refractivity contribution in [2.45, 2.75) is 0 Å². The molecule has 0 aliphatic rings. The van der Waals surface area contributed by atoms with Gasteiger partial charge in [0.1, 0.15) is 5.17 Å². The Morgan fingerprint density at radius 2 is 2.00 bits per heavy atom. The van der Waals surface area contributed by atoms with E-state index in [1.165, 1.54) is 12.1 Å². The van der Waals surface area contributed by atoms with Gasteiger partial charge in [-0.2, -0.15) is 0 Å². The molecule has 0 spiro atoms. The molecule has 0 radical (unpaired) electrons. The maximum Gasteiger partial charge on any atom is 0.269 e. The molecule has 0 N–H and O–H groups in total. The predicted octanol–water partition coefficient (Wildman–Crippen LogP) is 2.21. The molecular formula is C8H7ClN2O2. The van der Waals surface area contributed by atoms with E-state index >= 15 is 0 Å². The van der Waals surface area contributed by atoms with Gasteiger partial charge in [-0.3, -0.25) is 15.1 Å². The van der Waals surface area contributed by atoms with E-state index in [2.05, 4.69) is 4.99 Å². The summed E-state index contributed by atoms with van der Waals surface area (Å²) in [5, 5.41) is 10.6. The monoisotopic (exact) mass is 198 g/mol. The molecule has 1 rings (SSSR count). The van der Waals surface area contributed by atoms with Gasteiger partial charge in [-0.15, -0.1) is 0 Å². The van der Waals surface area contributed by atoms with E-state index in [1.807, 2.05) is 0 Å². The highest BCUT2D eigenvalue weighted by molar-refractivity contribution is 6.69. The third-order valence-corrected chi connectivity index (χ3v) is 1.90. The number of non-ortho nitro benzene ring substituents is 1. The molecule has 1 aromatic rings. The van der Waals surface area contributed by atoms with Crippen LogP contribution in [0.25, 0.3) is 0 Å². The summed E-state index contributed by atoms with van der Waals surface area (Å²) in [5.74, 6) is 0. The fraction of sp³-hybridized carbons (Fsp3) is 0.125. The van der Waals surface area contributed by atoms with Crippen LogP contribution in [0, 0.1) is 10.1 Å². The average Bonchev–Trinajstić information content (AvgIpc) is 2.17. The third-order valence-electron chi connectivity index (χ3n) is 1.51. The van der Waals surface area contributed by atoms with Crippen LogP contribution in [0.15, 0.2) is 29.3 Å². The van der Waals surface area contributed by atoms with Crippen LogP contribution in [0.5, 0.6) is 0 Å². The molecule has 1 aromatic carbocycles. The zero-order valence-electron chi connectivity index (χ0n) is 6.90. The summed E-state index contributed by atoms with van der Waals surface area (Å²) >= 11 is 5.70. The smallest absolute Gasteiger partial charge is 0.269 e. The lowest BCUT2D eigenvalue weighted by Crippen LogP contribution is -1.92. The lowest BCUT2D eigenvalue weighted by molar-refractivity contribution is -0.384. The number of nitrogens with zero attached hydrogens (tertiary/aromatic N) is 2. The molecule has 0 heterocycles. The molecule has 0 saturated carbocycles. The van der Waals surface area contributed by atoms with Gasteiger partial charge in [0.15, 0.2) is 0 Å². The Morgan fingerprint density at radius 1 is 1.46 bits per heavy atom. The van der Waals surface area contributed by atoms with Crippen LogP contribution in [-0.4, -0.2) is 17.1 Å². The van der Waals surface area contributed by atoms with Crippen LogP contribution in [0.1, 0.15) is 5.56 Å². The Hall–Kier alpha value is -1.42. The summed E-state index contributed by atoms with van der Waals surface area (Å²) in [7, 11) is 1.56. The number of hydrogen-bond acceptors (Lipinski definition) is 3. The fourth-order valence-electron chi connectivity index (χ4n) is 0.850. The van der Waals surface area contributed by atoms with Crippen molar-refractivity contribution in [1.29, 1.82) is 0 Å². The Morgan fingerprint density at radius 3 is 2.38 bits per heavy atom. The molecule has 13 heavy (non-hydrogen) atoms. The molecule has 0 saturated heterocycles. The van der Waals surface area contributed by atoms with E-state index in [0.29, 0.717) is 10.7 Å². The van der Waals surface area contributed by atoms with Crippen molar-refractivity contribution in [3.8, 4) is 0 Å². The van der Waals surface area contributed by atoms with Crippen molar-refractivity contribution in [2.75, 3.05) is 7.05 Å². The molecule has 0 fully saturated rings. The highest BCUT2D eigenvalue weighted by atomic mass is 35.5. The van der Waals surface area contributed by atoms with E-state index < -0.39 is 4.92 Å². The maximum absolute atomic E-state index is 10.3. The van der Waals surface area contributed by atoms with Crippen molar-refractivity contribution in [1.82, 2.24) is 0 Å². The second-order valence-electron chi connectivity index (χ2n) is 2.32. The SMILES string of the molecule is C/N=C(\Cl)c1ccc([N+](=O)[O-])cc1. The minimum absolute atomic E-state index is 0.0457. The van der Waals surface area contributed by atoms with Gasteiger partial charge in [0.2, 0.25) is 0 Å². The molecule has 0 aromatic heterocycles. The third kappa shape index (κ3) is 2.26. The van der Waals surface area contributed by atoms with Crippen LogP contribution in [0.3, 0.4) is 0 Å². The largest absolute Gasteiger partial charge is 0.276 e. The first-order valence-corrected chi connectivity index (χ1v) is 3.90. The second-order valence-corrected chi connectivity index (χ2v) is 2.68. The van der Waals surface area contributed by atoms with Crippen LogP contribution in [0.2, 0.25) is 0 Å². The van der Waals surface area contributed by atoms with Gasteiger partial charge in [0, 0.05) is 24.7 Å². The number of nitro groups is 1. The normalized spacial score (nSPS) is 11.4. The standard InChI is InChI=1S/C8H7ClN2O2/c1-10-8(9)6-2-4-7(5-3-6)11(12)13/h2-5H,1H3/b10-8-. The minimum Gasteiger partial charge on any atom is -0.276 e. The van der Waals surface area contributed by atoms with Crippen molar-refractivity contribution in [3.05, 3.63) is 39.9 Å². The summed E-state index contributed by atoms with van der Waals surface area (Å²) < 4.78 is 0. The van der Waals surface area contributed by atoms with Crippen molar-refractivity contribution < 1.29 is 4.92 Å². The quantitative estimate of drug-likeness (QED) is 0.416. The lowest BCUT2D eigenvalue weighted by atomic mass is 10.2. The fourth-order valence-corrected chi connectivity index (χ4v) is 0.976. The summed E-state index contributed by atoms with van der Waals surface area (Å²) in [5.41, 5.74) is 0.721. The van der Waals surface area contributed by atoms with E-state index in [0.717, 1.165) is 0 Å². The summed E-state index contributed by atoms with van der Waals surface area (Å²) in [6.45, 7) is 0. The Balaban J connectivity index is 3.00. The molecule has 0 unspecified atom stereocenters. The Bertz CT molecular complexity index is 346. The second kappa shape index (κ2) is 4.00. The molecule has 0 amide bonds. The summed E-state index contributed by atoms with van der Waals surface area (Å²) in [4.78, 5) is 13.6. The van der Waals surface area contributed by atoms with Crippen LogP contribution in [-0.2, 0) is 0 Å². The van der Waals surface area contributed by atoms with E-state index in [-0.39, 0.29) is 5.69 Å². The van der Waals surface area contributed by atoms with Gasteiger partial charge in [0.05, 0.1) is 4.92 Å². The van der Waals surface area contributed by atoms with E-state index in [9.17, 15) is 10.1 Å². The number of halogens is 1. The molecule has 5 heteroatoms. The van der Waals surface area contributed by atoms with E-state index in [1.54, 1.807) is 19.2 Å². The van der Waals surface area contributed by atoms with Crippen molar-refractivity contribution in [3.63, 3.8) is 0 Å². The van der Waals surface area contributed by atoms with Crippen LogP contribution >= 0.6 is 11.6 Å². The molecule has 68 valence electrons. The van der Waals surface area contributed by atoms with Crippen molar-refractivity contribution >= 4 is 22.5 Å². The van der Waals surface area contributed by atoms with Gasteiger partial charge in [0.25, 0.3) is 5.69 Å².